The lowest BCUT2D eigenvalue weighted by molar-refractivity contribution is -0.133. The molecule has 1 saturated heterocycles. The molecule has 0 saturated carbocycles. The highest BCUT2D eigenvalue weighted by Crippen LogP contribution is 2.49. The van der Waals surface area contributed by atoms with Crippen LogP contribution >= 0.6 is 0 Å². The molecule has 0 spiro atoms. The largest absolute Gasteiger partial charge is 0.508 e. The number of aromatic nitrogens is 1. The topological polar surface area (TPSA) is 89.1 Å². The van der Waals surface area contributed by atoms with Crippen LogP contribution in [0, 0.1) is 5.82 Å². The van der Waals surface area contributed by atoms with Crippen molar-refractivity contribution in [2.75, 3.05) is 33.3 Å². The maximum Gasteiger partial charge on any atom is 0.328 e. The fraction of sp³-hybridized carbons (Fsp3) is 0.407. The SMILES string of the molecule is CCN(CC)CCN1C(=O)N2C(c3cccc(O)c3)c3[nH]c4ccc(OC)c(F)c4c3CC2(C)C1=O. The van der Waals surface area contributed by atoms with Gasteiger partial charge in [0.05, 0.1) is 7.11 Å². The van der Waals surface area contributed by atoms with Gasteiger partial charge in [-0.2, -0.15) is 0 Å². The number of imide groups is 1. The number of nitrogens with zero attached hydrogens (tertiary/aromatic N) is 3. The third-order valence-electron chi connectivity index (χ3n) is 7.67. The molecule has 2 aliphatic heterocycles. The maximum absolute atomic E-state index is 15.5. The number of ether oxygens (including phenoxy) is 1. The molecule has 3 amide bonds. The normalized spacial score (nSPS) is 21.4. The first kappa shape index (κ1) is 24.1. The maximum atomic E-state index is 15.5. The van der Waals surface area contributed by atoms with Gasteiger partial charge in [0.1, 0.15) is 17.3 Å². The second kappa shape index (κ2) is 8.81. The fourth-order valence-electron chi connectivity index (χ4n) is 5.73. The lowest BCUT2D eigenvalue weighted by Gasteiger charge is -2.42. The number of H-pyrrole nitrogens is 1. The molecule has 2 unspecified atom stereocenters. The lowest BCUT2D eigenvalue weighted by atomic mass is 9.81. The van der Waals surface area contributed by atoms with E-state index in [0.29, 0.717) is 34.3 Å². The van der Waals surface area contributed by atoms with Crippen molar-refractivity contribution >= 4 is 22.8 Å². The molecule has 2 aliphatic rings. The third kappa shape index (κ3) is 3.44. The van der Waals surface area contributed by atoms with Crippen molar-refractivity contribution in [3.63, 3.8) is 0 Å². The fourth-order valence-corrected chi connectivity index (χ4v) is 5.73. The predicted octanol–water partition coefficient (Wildman–Crippen LogP) is 4.03. The van der Waals surface area contributed by atoms with Gasteiger partial charge in [0.15, 0.2) is 11.6 Å². The highest BCUT2D eigenvalue weighted by molar-refractivity contribution is 6.08. The molecule has 2 atom stereocenters. The number of phenolic OH excluding ortho intramolecular Hbond substituents is 1. The van der Waals surface area contributed by atoms with E-state index >= 15 is 4.39 Å². The number of amides is 3. The highest BCUT2D eigenvalue weighted by atomic mass is 19.1. The Morgan fingerprint density at radius 3 is 2.64 bits per heavy atom. The second-order valence-electron chi connectivity index (χ2n) is 9.61. The molecule has 2 aromatic carbocycles. The zero-order valence-corrected chi connectivity index (χ0v) is 21.0. The number of likely N-dealkylation sites (N-methyl/N-ethyl adjacent to an activating group) is 1. The van der Waals surface area contributed by atoms with Crippen molar-refractivity contribution < 1.29 is 23.8 Å². The average Bonchev–Trinajstić information content (AvgIpc) is 3.31. The van der Waals surface area contributed by atoms with Crippen LogP contribution in [0.5, 0.6) is 11.5 Å². The van der Waals surface area contributed by atoms with Crippen molar-refractivity contribution in [3.05, 3.63) is 59.0 Å². The summed E-state index contributed by atoms with van der Waals surface area (Å²) in [6.45, 7) is 8.31. The number of carbonyl (C=O) groups is 2. The number of hydrogen-bond acceptors (Lipinski definition) is 5. The second-order valence-corrected chi connectivity index (χ2v) is 9.61. The van der Waals surface area contributed by atoms with Gasteiger partial charge in [-0.05, 0) is 55.4 Å². The van der Waals surface area contributed by atoms with Gasteiger partial charge in [-0.25, -0.2) is 9.18 Å². The van der Waals surface area contributed by atoms with Crippen LogP contribution in [0.3, 0.4) is 0 Å². The number of halogens is 1. The van der Waals surface area contributed by atoms with Crippen LogP contribution < -0.4 is 4.74 Å². The van der Waals surface area contributed by atoms with Gasteiger partial charge >= 0.3 is 6.03 Å². The van der Waals surface area contributed by atoms with E-state index in [4.69, 9.17) is 4.74 Å². The molecule has 3 heterocycles. The van der Waals surface area contributed by atoms with Crippen molar-refractivity contribution in [1.29, 1.82) is 0 Å². The Labute approximate surface area is 209 Å². The monoisotopic (exact) mass is 494 g/mol. The molecule has 0 bridgehead atoms. The summed E-state index contributed by atoms with van der Waals surface area (Å²) in [6, 6.07) is 8.83. The summed E-state index contributed by atoms with van der Waals surface area (Å²) in [5.41, 5.74) is 1.25. The molecule has 9 heteroatoms. The van der Waals surface area contributed by atoms with E-state index in [1.54, 1.807) is 48.2 Å². The smallest absolute Gasteiger partial charge is 0.328 e. The summed E-state index contributed by atoms with van der Waals surface area (Å²) in [6.07, 6.45) is 0.161. The first-order valence-corrected chi connectivity index (χ1v) is 12.3. The van der Waals surface area contributed by atoms with Crippen molar-refractivity contribution in [1.82, 2.24) is 19.7 Å². The van der Waals surface area contributed by atoms with Crippen LogP contribution in [0.2, 0.25) is 0 Å². The first-order chi connectivity index (χ1) is 17.2. The standard InChI is InChI=1S/C27H31FN4O4/c1-5-30(6-2)12-13-31-25(34)27(3)15-18-21-19(10-11-20(36-4)22(21)28)29-23(18)24(32(27)26(31)35)16-8-7-9-17(33)14-16/h7-11,14,24,29,33H,5-6,12-13,15H2,1-4H3. The van der Waals surface area contributed by atoms with E-state index in [9.17, 15) is 14.7 Å². The molecule has 2 N–H and O–H groups in total. The Bertz CT molecular complexity index is 1350. The van der Waals surface area contributed by atoms with Crippen LogP contribution in [0.4, 0.5) is 9.18 Å². The molecule has 3 aromatic rings. The molecule has 0 aliphatic carbocycles. The van der Waals surface area contributed by atoms with Gasteiger partial charge in [-0.3, -0.25) is 14.6 Å². The van der Waals surface area contributed by atoms with Crippen LogP contribution in [0.1, 0.15) is 43.6 Å². The number of urea groups is 1. The van der Waals surface area contributed by atoms with Crippen molar-refractivity contribution in [2.24, 2.45) is 0 Å². The number of carbonyl (C=O) groups excluding carboxylic acids is 2. The number of benzene rings is 2. The van der Waals surface area contributed by atoms with Gasteiger partial charge in [0.25, 0.3) is 5.91 Å². The van der Waals surface area contributed by atoms with E-state index in [-0.39, 0.29) is 36.4 Å². The Balaban J connectivity index is 1.68. The average molecular weight is 495 g/mol. The summed E-state index contributed by atoms with van der Waals surface area (Å²) >= 11 is 0. The molecule has 5 rings (SSSR count). The minimum absolute atomic E-state index is 0.0432. The molecular weight excluding hydrogens is 463 g/mol. The molecule has 8 nitrogen and oxygen atoms in total. The molecular formula is C27H31FN4O4. The van der Waals surface area contributed by atoms with Crippen LogP contribution in [0.15, 0.2) is 36.4 Å². The van der Waals surface area contributed by atoms with Gasteiger partial charge in [0, 0.05) is 36.1 Å². The summed E-state index contributed by atoms with van der Waals surface area (Å²) in [7, 11) is 1.41. The number of rotatable bonds is 7. The number of aromatic hydroxyl groups is 1. The van der Waals surface area contributed by atoms with E-state index in [0.717, 1.165) is 13.1 Å². The van der Waals surface area contributed by atoms with E-state index in [2.05, 4.69) is 9.88 Å². The molecule has 1 aromatic heterocycles. The summed E-state index contributed by atoms with van der Waals surface area (Å²) in [4.78, 5) is 36.1. The number of aromatic amines is 1. The Kier molecular flexibility index (Phi) is 5.90. The Morgan fingerprint density at radius 2 is 1.97 bits per heavy atom. The van der Waals surface area contributed by atoms with Crippen LogP contribution in [-0.2, 0) is 11.2 Å². The predicted molar refractivity (Wildman–Crippen MR) is 134 cm³/mol. The zero-order chi connectivity index (χ0) is 25.8. The van der Waals surface area contributed by atoms with E-state index < -0.39 is 17.4 Å². The van der Waals surface area contributed by atoms with Crippen LogP contribution in [0.25, 0.3) is 10.9 Å². The summed E-state index contributed by atoms with van der Waals surface area (Å²) < 4.78 is 20.7. The van der Waals surface area contributed by atoms with Crippen LogP contribution in [-0.4, -0.2) is 75.6 Å². The summed E-state index contributed by atoms with van der Waals surface area (Å²) in [5.74, 6) is -0.649. The number of hydrogen-bond donors (Lipinski definition) is 2. The molecule has 0 radical (unpaired) electrons. The third-order valence-corrected chi connectivity index (χ3v) is 7.67. The van der Waals surface area contributed by atoms with Gasteiger partial charge in [-0.1, -0.05) is 26.0 Å². The molecule has 190 valence electrons. The summed E-state index contributed by atoms with van der Waals surface area (Å²) in [5, 5.41) is 10.6. The minimum Gasteiger partial charge on any atom is -0.508 e. The van der Waals surface area contributed by atoms with Gasteiger partial charge in [-0.15, -0.1) is 0 Å². The molecule has 36 heavy (non-hydrogen) atoms. The van der Waals surface area contributed by atoms with Crippen molar-refractivity contribution in [3.8, 4) is 11.5 Å². The number of nitrogens with one attached hydrogen (secondary N) is 1. The van der Waals surface area contributed by atoms with E-state index in [1.807, 2.05) is 13.8 Å². The highest BCUT2D eigenvalue weighted by Gasteiger charge is 2.60. The number of fused-ring (bicyclic) bond motifs is 4. The minimum atomic E-state index is -1.21. The lowest BCUT2D eigenvalue weighted by Crippen LogP contribution is -2.53. The quantitative estimate of drug-likeness (QED) is 0.484. The van der Waals surface area contributed by atoms with Gasteiger partial charge < -0.3 is 19.7 Å². The Morgan fingerprint density at radius 1 is 1.22 bits per heavy atom. The molecule has 1 fully saturated rings. The van der Waals surface area contributed by atoms with E-state index in [1.165, 1.54) is 12.0 Å². The number of methoxy groups -OCH3 is 1. The zero-order valence-electron chi connectivity index (χ0n) is 21.0. The van der Waals surface area contributed by atoms with Gasteiger partial charge in [0.2, 0.25) is 0 Å². The first-order valence-electron chi connectivity index (χ1n) is 12.3. The van der Waals surface area contributed by atoms with Crippen molar-refractivity contribution in [2.45, 2.75) is 38.8 Å². The number of phenols is 1. The Hall–Kier alpha value is -3.59.